The number of hydrogen-bond acceptors (Lipinski definition) is 4. The van der Waals surface area contributed by atoms with Gasteiger partial charge in [-0.05, 0) is 46.1 Å². The molecular weight excluding hydrogens is 264 g/mol. The molecule has 0 amide bonds. The minimum atomic E-state index is -0.392. The highest BCUT2D eigenvalue weighted by atomic mass is 16.5. The molecule has 0 spiro atoms. The maximum Gasteiger partial charge on any atom is 0.0899 e. The molecule has 1 aliphatic carbocycles. The topological polar surface area (TPSA) is 44.7 Å². The molecule has 4 heteroatoms. The van der Waals surface area contributed by atoms with E-state index in [1.807, 2.05) is 0 Å². The van der Waals surface area contributed by atoms with Crippen molar-refractivity contribution in [1.29, 1.82) is 0 Å². The van der Waals surface area contributed by atoms with Gasteiger partial charge in [-0.25, -0.2) is 0 Å². The van der Waals surface area contributed by atoms with Gasteiger partial charge in [-0.3, -0.25) is 0 Å². The third-order valence-corrected chi connectivity index (χ3v) is 4.39. The third kappa shape index (κ3) is 7.59. The van der Waals surface area contributed by atoms with E-state index in [2.05, 4.69) is 38.0 Å². The summed E-state index contributed by atoms with van der Waals surface area (Å²) in [5, 5.41) is 13.6. The monoisotopic (exact) mass is 300 g/mol. The zero-order valence-electron chi connectivity index (χ0n) is 14.7. The van der Waals surface area contributed by atoms with Crippen molar-refractivity contribution in [2.45, 2.75) is 64.5 Å². The lowest BCUT2D eigenvalue weighted by Crippen LogP contribution is -2.50. The lowest BCUT2D eigenvalue weighted by atomic mass is 9.73. The SMILES string of the molecule is COCC(O)CN(C)CC1(CNC(C)(C)C)CCCCC1. The van der Waals surface area contributed by atoms with Crippen molar-refractivity contribution in [2.24, 2.45) is 5.41 Å². The highest BCUT2D eigenvalue weighted by molar-refractivity contribution is 4.89. The van der Waals surface area contributed by atoms with Crippen LogP contribution < -0.4 is 5.32 Å². The smallest absolute Gasteiger partial charge is 0.0899 e. The third-order valence-electron chi connectivity index (χ3n) is 4.39. The van der Waals surface area contributed by atoms with Crippen molar-refractivity contribution in [1.82, 2.24) is 10.2 Å². The molecule has 0 aromatic rings. The minimum Gasteiger partial charge on any atom is -0.389 e. The molecule has 0 bridgehead atoms. The van der Waals surface area contributed by atoms with Gasteiger partial charge in [0, 0.05) is 32.3 Å². The van der Waals surface area contributed by atoms with Gasteiger partial charge in [0.2, 0.25) is 0 Å². The van der Waals surface area contributed by atoms with Crippen LogP contribution in [0.25, 0.3) is 0 Å². The first kappa shape index (κ1) is 18.9. The van der Waals surface area contributed by atoms with Gasteiger partial charge in [-0.2, -0.15) is 0 Å². The van der Waals surface area contributed by atoms with Crippen molar-refractivity contribution in [3.8, 4) is 0 Å². The van der Waals surface area contributed by atoms with Crippen molar-refractivity contribution < 1.29 is 9.84 Å². The molecule has 0 heterocycles. The van der Waals surface area contributed by atoms with Gasteiger partial charge in [0.25, 0.3) is 0 Å². The Morgan fingerprint density at radius 1 is 1.24 bits per heavy atom. The van der Waals surface area contributed by atoms with Crippen LogP contribution in [-0.4, -0.2) is 62.0 Å². The van der Waals surface area contributed by atoms with Gasteiger partial charge in [0.1, 0.15) is 0 Å². The Kier molecular flexibility index (Phi) is 7.62. The van der Waals surface area contributed by atoms with E-state index in [0.29, 0.717) is 18.6 Å². The van der Waals surface area contributed by atoms with Crippen molar-refractivity contribution in [3.05, 3.63) is 0 Å². The molecule has 126 valence electrons. The number of hydrogen-bond donors (Lipinski definition) is 2. The molecule has 1 fully saturated rings. The van der Waals surface area contributed by atoms with Gasteiger partial charge >= 0.3 is 0 Å². The zero-order chi connectivity index (χ0) is 15.9. The normalized spacial score (nSPS) is 20.7. The summed E-state index contributed by atoms with van der Waals surface area (Å²) in [4.78, 5) is 2.28. The summed E-state index contributed by atoms with van der Waals surface area (Å²) in [6.45, 7) is 9.92. The highest BCUT2D eigenvalue weighted by Crippen LogP contribution is 2.36. The molecule has 1 unspecified atom stereocenters. The van der Waals surface area contributed by atoms with E-state index in [0.717, 1.165) is 13.1 Å². The van der Waals surface area contributed by atoms with Gasteiger partial charge < -0.3 is 20.1 Å². The minimum absolute atomic E-state index is 0.165. The predicted molar refractivity (Wildman–Crippen MR) is 88.7 cm³/mol. The maximum absolute atomic E-state index is 9.91. The van der Waals surface area contributed by atoms with Crippen LogP contribution in [0.1, 0.15) is 52.9 Å². The number of aliphatic hydroxyl groups is 1. The molecule has 1 atom stereocenters. The Hall–Kier alpha value is -0.160. The Labute approximate surface area is 131 Å². The molecule has 4 nitrogen and oxygen atoms in total. The Balaban J connectivity index is 2.56. The van der Waals surface area contributed by atoms with Crippen LogP contribution in [0.5, 0.6) is 0 Å². The van der Waals surface area contributed by atoms with Crippen molar-refractivity contribution in [3.63, 3.8) is 0 Å². The fourth-order valence-electron chi connectivity index (χ4n) is 3.39. The molecule has 0 aliphatic heterocycles. The summed E-state index contributed by atoms with van der Waals surface area (Å²) >= 11 is 0. The summed E-state index contributed by atoms with van der Waals surface area (Å²) < 4.78 is 5.02. The summed E-state index contributed by atoms with van der Waals surface area (Å²) in [5.41, 5.74) is 0.519. The number of ether oxygens (including phenoxy) is 1. The van der Waals surface area contributed by atoms with E-state index in [1.165, 1.54) is 32.1 Å². The van der Waals surface area contributed by atoms with Crippen LogP contribution in [0.15, 0.2) is 0 Å². The molecular formula is C17H36N2O2. The van der Waals surface area contributed by atoms with Crippen molar-refractivity contribution >= 4 is 0 Å². The zero-order valence-corrected chi connectivity index (χ0v) is 14.7. The fraction of sp³-hybridized carbons (Fsp3) is 1.00. The number of nitrogens with zero attached hydrogens (tertiary/aromatic N) is 1. The largest absolute Gasteiger partial charge is 0.389 e. The molecule has 1 rings (SSSR count). The predicted octanol–water partition coefficient (Wildman–Crippen LogP) is 2.26. The maximum atomic E-state index is 9.91. The second-order valence-corrected chi connectivity index (χ2v) is 7.97. The van der Waals surface area contributed by atoms with Crippen LogP contribution in [0.3, 0.4) is 0 Å². The average molecular weight is 300 g/mol. The molecule has 0 saturated heterocycles. The quantitative estimate of drug-likeness (QED) is 0.722. The fourth-order valence-corrected chi connectivity index (χ4v) is 3.39. The van der Waals surface area contributed by atoms with Crippen LogP contribution >= 0.6 is 0 Å². The van der Waals surface area contributed by atoms with E-state index in [1.54, 1.807) is 7.11 Å². The summed E-state index contributed by atoms with van der Waals surface area (Å²) in [7, 11) is 3.76. The number of nitrogens with one attached hydrogen (secondary N) is 1. The van der Waals surface area contributed by atoms with Crippen molar-refractivity contribution in [2.75, 3.05) is 40.4 Å². The molecule has 0 aromatic carbocycles. The second-order valence-electron chi connectivity index (χ2n) is 7.97. The first-order valence-electron chi connectivity index (χ1n) is 8.37. The van der Waals surface area contributed by atoms with Gasteiger partial charge in [-0.1, -0.05) is 19.3 Å². The van der Waals surface area contributed by atoms with E-state index in [9.17, 15) is 5.11 Å². The van der Waals surface area contributed by atoms with E-state index in [4.69, 9.17) is 4.74 Å². The Morgan fingerprint density at radius 3 is 2.38 bits per heavy atom. The van der Waals surface area contributed by atoms with Crippen LogP contribution in [0, 0.1) is 5.41 Å². The van der Waals surface area contributed by atoms with E-state index >= 15 is 0 Å². The Bertz CT molecular complexity index is 283. The summed E-state index contributed by atoms with van der Waals surface area (Å²) in [5.74, 6) is 0. The lowest BCUT2D eigenvalue weighted by Gasteiger charge is -2.42. The lowest BCUT2D eigenvalue weighted by molar-refractivity contribution is 0.0266. The molecule has 1 aliphatic rings. The molecule has 0 radical (unpaired) electrons. The second kappa shape index (κ2) is 8.47. The van der Waals surface area contributed by atoms with E-state index in [-0.39, 0.29) is 5.54 Å². The standard InChI is InChI=1S/C17H36N2O2/c1-16(2,3)18-13-17(9-7-6-8-10-17)14-19(4)11-15(20)12-21-5/h15,18,20H,6-14H2,1-5H3. The first-order chi connectivity index (χ1) is 9.76. The number of likely N-dealkylation sites (N-methyl/N-ethyl adjacent to an activating group) is 1. The number of methoxy groups -OCH3 is 1. The van der Waals surface area contributed by atoms with Gasteiger partial charge in [0.15, 0.2) is 0 Å². The van der Waals surface area contributed by atoms with E-state index < -0.39 is 6.10 Å². The number of rotatable bonds is 8. The molecule has 2 N–H and O–H groups in total. The highest BCUT2D eigenvalue weighted by Gasteiger charge is 2.34. The van der Waals surface area contributed by atoms with Crippen LogP contribution in [-0.2, 0) is 4.74 Å². The van der Waals surface area contributed by atoms with Gasteiger partial charge in [-0.15, -0.1) is 0 Å². The Morgan fingerprint density at radius 2 is 1.86 bits per heavy atom. The van der Waals surface area contributed by atoms with Crippen LogP contribution in [0.2, 0.25) is 0 Å². The average Bonchev–Trinajstić information content (AvgIpc) is 2.37. The molecule has 21 heavy (non-hydrogen) atoms. The number of aliphatic hydroxyl groups excluding tert-OH is 1. The molecule has 1 saturated carbocycles. The summed E-state index contributed by atoms with van der Waals surface area (Å²) in [6, 6.07) is 0. The first-order valence-corrected chi connectivity index (χ1v) is 8.37. The summed E-state index contributed by atoms with van der Waals surface area (Å²) in [6.07, 6.45) is 6.23. The van der Waals surface area contributed by atoms with Crippen LogP contribution in [0.4, 0.5) is 0 Å². The molecule has 0 aromatic heterocycles. The van der Waals surface area contributed by atoms with Gasteiger partial charge in [0.05, 0.1) is 12.7 Å².